The van der Waals surface area contributed by atoms with E-state index in [0.29, 0.717) is 48.2 Å². The van der Waals surface area contributed by atoms with Crippen molar-refractivity contribution in [1.82, 2.24) is 14.8 Å². The number of hydrogen-bond acceptors (Lipinski definition) is 8. The molecule has 2 aliphatic rings. The number of fused-ring (bicyclic) bond motifs is 1. The summed E-state index contributed by atoms with van der Waals surface area (Å²) >= 11 is 0. The van der Waals surface area contributed by atoms with Gasteiger partial charge in [-0.15, -0.1) is 0 Å². The van der Waals surface area contributed by atoms with E-state index in [2.05, 4.69) is 10.3 Å². The summed E-state index contributed by atoms with van der Waals surface area (Å²) in [5.41, 5.74) is -0.515. The van der Waals surface area contributed by atoms with Crippen molar-refractivity contribution < 1.29 is 50.9 Å². The number of methoxy groups -OCH3 is 1. The first-order valence-electron chi connectivity index (χ1n) is 18.5. The van der Waals surface area contributed by atoms with Gasteiger partial charge in [0.05, 0.1) is 25.7 Å². The average Bonchev–Trinajstić information content (AvgIpc) is 3.74. The van der Waals surface area contributed by atoms with Gasteiger partial charge >= 0.3 is 12.3 Å². The molecule has 11 nitrogen and oxygen atoms in total. The number of ether oxygens (including phenoxy) is 4. The van der Waals surface area contributed by atoms with Gasteiger partial charge < -0.3 is 34.1 Å². The summed E-state index contributed by atoms with van der Waals surface area (Å²) in [6.45, 7) is 8.88. The highest BCUT2D eigenvalue weighted by molar-refractivity contribution is 5.98. The number of halogens is 4. The lowest BCUT2D eigenvalue weighted by Crippen LogP contribution is -2.38. The second-order valence-corrected chi connectivity index (χ2v) is 15.0. The standard InChI is InChI=1S/C42H44F4N4O7/c1-6-55-36-18-38(56-24-25-7-11-33(54-5)12-8-25)47-19-34(36)26-9-10-27(35(43)15-26)16-37(51)48-32-14-28(13-31(17-32)42(44,45)46)39(52)49-20-29-22-50(23-30(29)21-49)40(53)57-41(2,3)4/h7-15,17-19,29-30H,6,16,20-24H2,1-5H3,(H,48,51)/t29-,30+. The summed E-state index contributed by atoms with van der Waals surface area (Å²) in [4.78, 5) is 46.6. The Balaban J connectivity index is 1.11. The van der Waals surface area contributed by atoms with Crippen LogP contribution >= 0.6 is 0 Å². The second-order valence-electron chi connectivity index (χ2n) is 15.0. The van der Waals surface area contributed by atoms with Crippen molar-refractivity contribution >= 4 is 23.6 Å². The Kier molecular flexibility index (Phi) is 12.0. The first-order valence-corrected chi connectivity index (χ1v) is 18.5. The molecule has 1 aromatic heterocycles. The van der Waals surface area contributed by atoms with Gasteiger partial charge in [0.15, 0.2) is 0 Å². The summed E-state index contributed by atoms with van der Waals surface area (Å²) < 4.78 is 79.8. The van der Waals surface area contributed by atoms with E-state index >= 15 is 4.39 Å². The van der Waals surface area contributed by atoms with Crippen LogP contribution in [0.1, 0.15) is 54.7 Å². The molecular formula is C42H44F4N4O7. The molecule has 3 heterocycles. The third-order valence-electron chi connectivity index (χ3n) is 9.62. The molecule has 3 amide bonds. The molecule has 57 heavy (non-hydrogen) atoms. The number of benzene rings is 3. The van der Waals surface area contributed by atoms with Crippen molar-refractivity contribution in [2.75, 3.05) is 45.2 Å². The number of hydrogen-bond donors (Lipinski definition) is 1. The molecule has 15 heteroatoms. The van der Waals surface area contributed by atoms with Crippen LogP contribution in [-0.2, 0) is 28.7 Å². The van der Waals surface area contributed by atoms with Gasteiger partial charge in [0.2, 0.25) is 11.8 Å². The Bertz CT molecular complexity index is 2110. The molecule has 0 spiro atoms. The van der Waals surface area contributed by atoms with Crippen LogP contribution in [0, 0.1) is 17.7 Å². The highest BCUT2D eigenvalue weighted by Gasteiger charge is 2.44. The van der Waals surface area contributed by atoms with Gasteiger partial charge in [-0.05, 0) is 80.8 Å². The molecule has 0 radical (unpaired) electrons. The number of amides is 3. The number of carbonyl (C=O) groups excluding carboxylic acids is 3. The molecule has 0 bridgehead atoms. The lowest BCUT2D eigenvalue weighted by molar-refractivity contribution is -0.137. The van der Waals surface area contributed by atoms with E-state index in [1.807, 2.05) is 24.3 Å². The van der Waals surface area contributed by atoms with E-state index in [4.69, 9.17) is 18.9 Å². The van der Waals surface area contributed by atoms with E-state index in [9.17, 15) is 27.6 Å². The number of alkyl halides is 3. The minimum atomic E-state index is -4.82. The number of pyridine rings is 1. The fraction of sp³-hybridized carbons (Fsp3) is 0.381. The number of rotatable bonds is 11. The molecule has 2 atom stereocenters. The van der Waals surface area contributed by atoms with Crippen LogP contribution in [0.15, 0.2) is 72.9 Å². The smallest absolute Gasteiger partial charge is 0.416 e. The first-order chi connectivity index (χ1) is 27.0. The maximum Gasteiger partial charge on any atom is 0.416 e. The Morgan fingerprint density at radius 3 is 2.18 bits per heavy atom. The fourth-order valence-electron chi connectivity index (χ4n) is 6.91. The summed E-state index contributed by atoms with van der Waals surface area (Å²) in [5, 5.41) is 2.42. The Morgan fingerprint density at radius 1 is 0.877 bits per heavy atom. The van der Waals surface area contributed by atoms with E-state index in [0.717, 1.165) is 17.7 Å². The summed E-state index contributed by atoms with van der Waals surface area (Å²) in [7, 11) is 1.58. The van der Waals surface area contributed by atoms with Crippen molar-refractivity contribution in [3.63, 3.8) is 0 Å². The number of carbonyl (C=O) groups is 3. The zero-order valence-corrected chi connectivity index (χ0v) is 32.2. The van der Waals surface area contributed by atoms with Crippen molar-refractivity contribution in [3.8, 4) is 28.5 Å². The van der Waals surface area contributed by atoms with E-state index in [1.54, 1.807) is 51.8 Å². The largest absolute Gasteiger partial charge is 0.497 e. The lowest BCUT2D eigenvalue weighted by Gasteiger charge is -2.26. The van der Waals surface area contributed by atoms with Crippen molar-refractivity contribution in [3.05, 3.63) is 101 Å². The molecule has 1 N–H and O–H groups in total. The van der Waals surface area contributed by atoms with Crippen LogP contribution in [0.4, 0.5) is 28.0 Å². The van der Waals surface area contributed by atoms with Gasteiger partial charge in [-0.25, -0.2) is 14.2 Å². The maximum atomic E-state index is 15.5. The normalized spacial score (nSPS) is 16.6. The molecule has 302 valence electrons. The van der Waals surface area contributed by atoms with Gasteiger partial charge in [-0.2, -0.15) is 13.2 Å². The molecule has 3 aromatic carbocycles. The Hall–Kier alpha value is -5.86. The quantitative estimate of drug-likeness (QED) is 0.152. The van der Waals surface area contributed by atoms with Crippen molar-refractivity contribution in [2.24, 2.45) is 11.8 Å². The topological polar surface area (TPSA) is 120 Å². The molecule has 0 aliphatic carbocycles. The third-order valence-corrected chi connectivity index (χ3v) is 9.62. The van der Waals surface area contributed by atoms with Crippen LogP contribution in [0.5, 0.6) is 17.4 Å². The van der Waals surface area contributed by atoms with Gasteiger partial charge in [0.25, 0.3) is 5.91 Å². The SMILES string of the molecule is CCOc1cc(OCc2ccc(OC)cc2)ncc1-c1ccc(CC(=O)Nc2cc(C(=O)N3C[C@H]4CN(C(=O)OC(C)(C)C)C[C@H]4C3)cc(C(F)(F)F)c2)c(F)c1. The summed E-state index contributed by atoms with van der Waals surface area (Å²) in [6.07, 6.45) is -4.27. The minimum absolute atomic E-state index is 0.00563. The van der Waals surface area contributed by atoms with Crippen LogP contribution in [0.3, 0.4) is 0 Å². The van der Waals surface area contributed by atoms with Crippen LogP contribution in [0.2, 0.25) is 0 Å². The molecule has 0 saturated carbocycles. The number of nitrogens with one attached hydrogen (secondary N) is 1. The Morgan fingerprint density at radius 2 is 1.56 bits per heavy atom. The molecule has 2 fully saturated rings. The lowest BCUT2D eigenvalue weighted by atomic mass is 10.0. The van der Waals surface area contributed by atoms with E-state index in [-0.39, 0.29) is 48.3 Å². The summed E-state index contributed by atoms with van der Waals surface area (Å²) in [5.74, 6) is -0.846. The average molecular weight is 793 g/mol. The fourth-order valence-corrected chi connectivity index (χ4v) is 6.91. The summed E-state index contributed by atoms with van der Waals surface area (Å²) in [6, 6.07) is 15.8. The van der Waals surface area contributed by atoms with E-state index in [1.165, 1.54) is 29.3 Å². The van der Waals surface area contributed by atoms with Crippen molar-refractivity contribution in [1.29, 1.82) is 0 Å². The zero-order chi connectivity index (χ0) is 41.1. The van der Waals surface area contributed by atoms with Crippen molar-refractivity contribution in [2.45, 2.75) is 52.5 Å². The van der Waals surface area contributed by atoms with Gasteiger partial charge in [0.1, 0.15) is 29.5 Å². The molecular weight excluding hydrogens is 748 g/mol. The zero-order valence-electron chi connectivity index (χ0n) is 32.2. The molecule has 4 aromatic rings. The molecule has 0 unspecified atom stereocenters. The second kappa shape index (κ2) is 16.7. The third kappa shape index (κ3) is 10.1. The maximum absolute atomic E-state index is 15.5. The van der Waals surface area contributed by atoms with Gasteiger partial charge in [-0.3, -0.25) is 9.59 Å². The van der Waals surface area contributed by atoms with Crippen LogP contribution in [0.25, 0.3) is 11.1 Å². The van der Waals surface area contributed by atoms with Crippen LogP contribution < -0.4 is 19.5 Å². The molecule has 2 saturated heterocycles. The predicted octanol–water partition coefficient (Wildman–Crippen LogP) is 8.01. The highest BCUT2D eigenvalue weighted by atomic mass is 19.4. The number of nitrogens with zero attached hydrogens (tertiary/aromatic N) is 3. The number of aromatic nitrogens is 1. The first kappa shape index (κ1) is 40.8. The number of anilines is 1. The van der Waals surface area contributed by atoms with E-state index < -0.39 is 47.5 Å². The van der Waals surface area contributed by atoms with Gasteiger partial charge in [-0.1, -0.05) is 24.3 Å². The monoisotopic (exact) mass is 792 g/mol. The highest BCUT2D eigenvalue weighted by Crippen LogP contribution is 2.36. The molecule has 6 rings (SSSR count). The Labute approximate surface area is 327 Å². The van der Waals surface area contributed by atoms with Gasteiger partial charge in [0, 0.05) is 67.1 Å². The van der Waals surface area contributed by atoms with Crippen LogP contribution in [-0.4, -0.2) is 78.2 Å². The predicted molar refractivity (Wildman–Crippen MR) is 203 cm³/mol. The molecule has 2 aliphatic heterocycles. The minimum Gasteiger partial charge on any atom is -0.497 e. The number of likely N-dealkylation sites (tertiary alicyclic amines) is 2.